The molecule has 0 aliphatic carbocycles. The van der Waals surface area contributed by atoms with Crippen LogP contribution >= 0.6 is 0 Å². The minimum atomic E-state index is -0.947. The highest BCUT2D eigenvalue weighted by Crippen LogP contribution is 2.43. The summed E-state index contributed by atoms with van der Waals surface area (Å²) in [5, 5.41) is 9.38. The molecule has 3 aliphatic heterocycles. The van der Waals surface area contributed by atoms with Gasteiger partial charge in [0.25, 0.3) is 0 Å². The minimum Gasteiger partial charge on any atom is -0.394 e. The summed E-state index contributed by atoms with van der Waals surface area (Å²) in [6, 6.07) is 0. The highest BCUT2D eigenvalue weighted by molar-refractivity contribution is 5.00. The minimum absolute atomic E-state index is 0.159. The SMILES string of the molecule is [CH2+]C1(C)OC2C3OC(C)(C)O[C@H]3OC(CO)[C@@H]2O1. The van der Waals surface area contributed by atoms with Crippen molar-refractivity contribution in [3.8, 4) is 0 Å². The fourth-order valence-electron chi connectivity index (χ4n) is 2.76. The zero-order valence-corrected chi connectivity index (χ0v) is 10.8. The Balaban J connectivity index is 1.86. The molecular formula is C12H19O6+. The van der Waals surface area contributed by atoms with Crippen LogP contribution in [-0.4, -0.2) is 54.0 Å². The molecule has 3 rings (SSSR count). The molecule has 0 spiro atoms. The van der Waals surface area contributed by atoms with E-state index in [1.807, 2.05) is 13.8 Å². The molecule has 0 aromatic heterocycles. The number of rotatable bonds is 1. The van der Waals surface area contributed by atoms with Gasteiger partial charge in [0, 0.05) is 6.92 Å². The highest BCUT2D eigenvalue weighted by Gasteiger charge is 2.62. The van der Waals surface area contributed by atoms with Crippen LogP contribution in [-0.2, 0) is 23.7 Å². The molecular weight excluding hydrogens is 240 g/mol. The van der Waals surface area contributed by atoms with Crippen LogP contribution < -0.4 is 0 Å². The van der Waals surface area contributed by atoms with Crippen LogP contribution in [0.25, 0.3) is 0 Å². The van der Waals surface area contributed by atoms with Gasteiger partial charge in [0.05, 0.1) is 6.61 Å². The van der Waals surface area contributed by atoms with Crippen LogP contribution in [0, 0.1) is 6.92 Å². The molecule has 3 fully saturated rings. The predicted molar refractivity (Wildman–Crippen MR) is 59.3 cm³/mol. The van der Waals surface area contributed by atoms with E-state index in [4.69, 9.17) is 23.7 Å². The topological polar surface area (TPSA) is 66.4 Å². The Labute approximate surface area is 106 Å². The summed E-state index contributed by atoms with van der Waals surface area (Å²) in [5.74, 6) is -1.68. The van der Waals surface area contributed by atoms with Gasteiger partial charge in [-0.3, -0.25) is 0 Å². The van der Waals surface area contributed by atoms with E-state index < -0.39 is 30.1 Å². The van der Waals surface area contributed by atoms with Gasteiger partial charge in [-0.15, -0.1) is 0 Å². The molecule has 1 N–H and O–H groups in total. The molecule has 0 saturated carbocycles. The second-order valence-corrected chi connectivity index (χ2v) is 5.62. The summed E-state index contributed by atoms with van der Waals surface area (Å²) in [5.41, 5.74) is 0. The first-order valence-corrected chi connectivity index (χ1v) is 6.14. The van der Waals surface area contributed by atoms with Crippen LogP contribution in [0.5, 0.6) is 0 Å². The molecule has 3 heterocycles. The van der Waals surface area contributed by atoms with E-state index in [2.05, 4.69) is 6.92 Å². The fourth-order valence-corrected chi connectivity index (χ4v) is 2.76. The van der Waals surface area contributed by atoms with Crippen molar-refractivity contribution in [2.75, 3.05) is 6.61 Å². The number of aliphatic hydroxyl groups is 1. The van der Waals surface area contributed by atoms with Gasteiger partial charge in [-0.1, -0.05) is 0 Å². The normalized spacial score (nSPS) is 54.1. The second kappa shape index (κ2) is 3.82. The van der Waals surface area contributed by atoms with Crippen molar-refractivity contribution in [3.05, 3.63) is 6.92 Å². The molecule has 6 atom stereocenters. The lowest BCUT2D eigenvalue weighted by Gasteiger charge is -2.35. The maximum absolute atomic E-state index is 9.38. The Morgan fingerprint density at radius 2 is 1.67 bits per heavy atom. The number of hydrogen-bond donors (Lipinski definition) is 1. The molecule has 0 aromatic carbocycles. The maximum atomic E-state index is 9.38. The molecule has 0 radical (unpaired) electrons. The maximum Gasteiger partial charge on any atom is 0.312 e. The summed E-state index contributed by atoms with van der Waals surface area (Å²) < 4.78 is 28.6. The fraction of sp³-hybridized carbons (Fsp3) is 0.917. The lowest BCUT2D eigenvalue weighted by molar-refractivity contribution is -0.239. The zero-order chi connectivity index (χ0) is 13.1. The molecule has 18 heavy (non-hydrogen) atoms. The molecule has 6 heteroatoms. The first kappa shape index (κ1) is 12.7. The smallest absolute Gasteiger partial charge is 0.312 e. The van der Waals surface area contributed by atoms with E-state index in [-0.39, 0.29) is 18.8 Å². The van der Waals surface area contributed by atoms with E-state index in [0.717, 1.165) is 0 Å². The summed E-state index contributed by atoms with van der Waals surface area (Å²) in [6.45, 7) is 9.04. The van der Waals surface area contributed by atoms with E-state index in [1.165, 1.54) is 0 Å². The van der Waals surface area contributed by atoms with E-state index in [0.29, 0.717) is 0 Å². The molecule has 0 aromatic rings. The van der Waals surface area contributed by atoms with Crippen molar-refractivity contribution in [1.82, 2.24) is 0 Å². The van der Waals surface area contributed by atoms with Crippen molar-refractivity contribution in [3.63, 3.8) is 0 Å². The third-order valence-corrected chi connectivity index (χ3v) is 3.36. The highest BCUT2D eigenvalue weighted by atomic mass is 16.9. The molecule has 102 valence electrons. The number of ether oxygens (including phenoxy) is 5. The Hall–Kier alpha value is -0.370. The molecule has 4 unspecified atom stereocenters. The largest absolute Gasteiger partial charge is 0.394 e. The lowest BCUT2D eigenvalue weighted by Crippen LogP contribution is -2.56. The number of aliphatic hydroxyl groups excluding tert-OH is 1. The van der Waals surface area contributed by atoms with Gasteiger partial charge in [0.1, 0.15) is 31.3 Å². The number of fused-ring (bicyclic) bond motifs is 3. The zero-order valence-electron chi connectivity index (χ0n) is 10.8. The van der Waals surface area contributed by atoms with Crippen LogP contribution in [0.1, 0.15) is 20.8 Å². The first-order valence-electron chi connectivity index (χ1n) is 6.14. The van der Waals surface area contributed by atoms with Crippen LogP contribution in [0.4, 0.5) is 0 Å². The van der Waals surface area contributed by atoms with E-state index >= 15 is 0 Å². The summed E-state index contributed by atoms with van der Waals surface area (Å²) in [4.78, 5) is 0. The first-order chi connectivity index (χ1) is 8.31. The Bertz CT molecular complexity index is 341. The molecule has 6 nitrogen and oxygen atoms in total. The van der Waals surface area contributed by atoms with Crippen LogP contribution in [0.15, 0.2) is 0 Å². The van der Waals surface area contributed by atoms with Gasteiger partial charge >= 0.3 is 5.79 Å². The van der Waals surface area contributed by atoms with Crippen molar-refractivity contribution >= 4 is 0 Å². The quantitative estimate of drug-likeness (QED) is 0.678. The third kappa shape index (κ3) is 1.93. The average molecular weight is 259 g/mol. The summed E-state index contributed by atoms with van der Waals surface area (Å²) in [6.07, 6.45) is -2.13. The van der Waals surface area contributed by atoms with Gasteiger partial charge in [-0.2, -0.15) is 0 Å². The average Bonchev–Trinajstić information content (AvgIpc) is 2.71. The van der Waals surface area contributed by atoms with Gasteiger partial charge in [0.2, 0.25) is 0 Å². The molecule has 3 aliphatic rings. The lowest BCUT2D eigenvalue weighted by atomic mass is 9.99. The van der Waals surface area contributed by atoms with E-state index in [9.17, 15) is 5.11 Å². The standard InChI is InChI=1S/C12H19O6/c1-11(2)15-7-6(5-13)14-10-9(8(7)16-11)17-12(3,4)18-10/h6-10,13H,1,5H2,2-4H3/q+1/t6?,7-,8?,9?,10+,11?/m0/s1. The Morgan fingerprint density at radius 3 is 2.33 bits per heavy atom. The summed E-state index contributed by atoms with van der Waals surface area (Å²) >= 11 is 0. The Kier molecular flexibility index (Phi) is 2.68. The van der Waals surface area contributed by atoms with Gasteiger partial charge in [0.15, 0.2) is 12.1 Å². The van der Waals surface area contributed by atoms with Gasteiger partial charge in [-0.25, -0.2) is 0 Å². The van der Waals surface area contributed by atoms with Crippen molar-refractivity contribution in [2.45, 2.75) is 63.1 Å². The third-order valence-electron chi connectivity index (χ3n) is 3.36. The van der Waals surface area contributed by atoms with Crippen molar-refractivity contribution < 1.29 is 28.8 Å². The molecule has 0 amide bonds. The van der Waals surface area contributed by atoms with Gasteiger partial charge in [-0.05, 0) is 13.8 Å². The van der Waals surface area contributed by atoms with Crippen molar-refractivity contribution in [1.29, 1.82) is 0 Å². The van der Waals surface area contributed by atoms with Crippen molar-refractivity contribution in [2.24, 2.45) is 0 Å². The predicted octanol–water partition coefficient (Wildman–Crippen LogP) is 0.189. The monoisotopic (exact) mass is 259 g/mol. The molecule has 3 saturated heterocycles. The Morgan fingerprint density at radius 1 is 1.00 bits per heavy atom. The van der Waals surface area contributed by atoms with E-state index in [1.54, 1.807) is 6.92 Å². The van der Waals surface area contributed by atoms with Crippen LogP contribution in [0.2, 0.25) is 0 Å². The molecule has 0 bridgehead atoms. The van der Waals surface area contributed by atoms with Crippen LogP contribution in [0.3, 0.4) is 0 Å². The number of hydrogen-bond acceptors (Lipinski definition) is 6. The van der Waals surface area contributed by atoms with Gasteiger partial charge < -0.3 is 28.8 Å². The summed E-state index contributed by atoms with van der Waals surface area (Å²) in [7, 11) is 0. The second-order valence-electron chi connectivity index (χ2n) is 5.62.